The van der Waals surface area contributed by atoms with Crippen LogP contribution < -0.4 is 0 Å². The number of hydrogen-bond acceptors (Lipinski definition) is 3. The molecule has 0 N–H and O–H groups in total. The number of pyridine rings is 2. The Morgan fingerprint density at radius 2 is 1.31 bits per heavy atom. The van der Waals surface area contributed by atoms with Crippen molar-refractivity contribution < 1.29 is 4.79 Å². The summed E-state index contributed by atoms with van der Waals surface area (Å²) < 4.78 is 0. The SMILES string of the molecule is O=C(c1cccnc1)N(Cc1ccc(-c2ccccc2)cc1)Cc1cccnc1. The Balaban J connectivity index is 1.57. The van der Waals surface area contributed by atoms with E-state index < -0.39 is 0 Å². The van der Waals surface area contributed by atoms with Crippen molar-refractivity contribution in [1.82, 2.24) is 14.9 Å². The molecule has 0 bridgehead atoms. The van der Waals surface area contributed by atoms with Gasteiger partial charge in [-0.3, -0.25) is 14.8 Å². The van der Waals surface area contributed by atoms with Crippen LogP contribution in [0.4, 0.5) is 0 Å². The number of amides is 1. The monoisotopic (exact) mass is 379 g/mol. The number of hydrogen-bond donors (Lipinski definition) is 0. The Bertz CT molecular complexity index is 1050. The molecule has 0 saturated carbocycles. The minimum absolute atomic E-state index is 0.0471. The molecule has 29 heavy (non-hydrogen) atoms. The molecule has 4 heteroatoms. The zero-order chi connectivity index (χ0) is 19.9. The van der Waals surface area contributed by atoms with Crippen LogP contribution in [0.15, 0.2) is 104 Å². The second kappa shape index (κ2) is 8.93. The van der Waals surface area contributed by atoms with Gasteiger partial charge in [0.25, 0.3) is 5.91 Å². The van der Waals surface area contributed by atoms with E-state index in [1.807, 2.05) is 35.2 Å². The van der Waals surface area contributed by atoms with E-state index >= 15 is 0 Å². The molecule has 0 spiro atoms. The smallest absolute Gasteiger partial charge is 0.256 e. The summed E-state index contributed by atoms with van der Waals surface area (Å²) in [6.07, 6.45) is 6.81. The molecule has 2 aromatic carbocycles. The Kier molecular flexibility index (Phi) is 5.72. The van der Waals surface area contributed by atoms with Crippen LogP contribution in [0.3, 0.4) is 0 Å². The summed E-state index contributed by atoms with van der Waals surface area (Å²) in [5.74, 6) is -0.0471. The fourth-order valence-electron chi connectivity index (χ4n) is 3.24. The van der Waals surface area contributed by atoms with Crippen LogP contribution in [-0.4, -0.2) is 20.8 Å². The first-order chi connectivity index (χ1) is 14.3. The standard InChI is InChI=1S/C25H21N3O/c29-25(24-9-5-15-27-17-24)28(19-21-6-4-14-26-16-21)18-20-10-12-23(13-11-20)22-7-2-1-3-8-22/h1-17H,18-19H2. The van der Waals surface area contributed by atoms with E-state index in [1.54, 1.807) is 36.9 Å². The molecule has 0 radical (unpaired) electrons. The van der Waals surface area contributed by atoms with E-state index in [9.17, 15) is 4.79 Å². The third kappa shape index (κ3) is 4.74. The summed E-state index contributed by atoms with van der Waals surface area (Å²) in [6.45, 7) is 1.000. The van der Waals surface area contributed by atoms with Gasteiger partial charge in [-0.2, -0.15) is 0 Å². The van der Waals surface area contributed by atoms with Gasteiger partial charge in [-0.25, -0.2) is 0 Å². The summed E-state index contributed by atoms with van der Waals surface area (Å²) in [4.78, 5) is 23.2. The molecule has 0 fully saturated rings. The molecule has 0 atom stereocenters. The molecule has 0 unspecified atom stereocenters. The molecule has 0 saturated heterocycles. The molecule has 4 nitrogen and oxygen atoms in total. The first kappa shape index (κ1) is 18.6. The fourth-order valence-corrected chi connectivity index (χ4v) is 3.24. The molecule has 0 aliphatic heterocycles. The summed E-state index contributed by atoms with van der Waals surface area (Å²) in [5, 5.41) is 0. The molecule has 142 valence electrons. The Hall–Kier alpha value is -3.79. The lowest BCUT2D eigenvalue weighted by Crippen LogP contribution is -2.30. The minimum Gasteiger partial charge on any atom is -0.330 e. The molecular weight excluding hydrogens is 358 g/mol. The molecule has 4 rings (SSSR count). The molecule has 1 amide bonds. The highest BCUT2D eigenvalue weighted by molar-refractivity contribution is 5.93. The normalized spacial score (nSPS) is 10.5. The molecular formula is C25H21N3O. The first-order valence-corrected chi connectivity index (χ1v) is 9.52. The average Bonchev–Trinajstić information content (AvgIpc) is 2.80. The maximum atomic E-state index is 13.1. The van der Waals surface area contributed by atoms with Gasteiger partial charge in [0.2, 0.25) is 0 Å². The molecule has 0 aliphatic carbocycles. The maximum absolute atomic E-state index is 13.1. The van der Waals surface area contributed by atoms with Crippen molar-refractivity contribution in [1.29, 1.82) is 0 Å². The highest BCUT2D eigenvalue weighted by atomic mass is 16.2. The third-order valence-electron chi connectivity index (χ3n) is 4.73. The average molecular weight is 379 g/mol. The van der Waals surface area contributed by atoms with Gasteiger partial charge in [0.15, 0.2) is 0 Å². The van der Waals surface area contributed by atoms with Crippen molar-refractivity contribution in [2.75, 3.05) is 0 Å². The highest BCUT2D eigenvalue weighted by Crippen LogP contribution is 2.21. The molecule has 2 heterocycles. The van der Waals surface area contributed by atoms with Crippen LogP contribution in [0.1, 0.15) is 21.5 Å². The lowest BCUT2D eigenvalue weighted by molar-refractivity contribution is 0.0729. The van der Waals surface area contributed by atoms with Crippen LogP contribution in [0.5, 0.6) is 0 Å². The first-order valence-electron chi connectivity index (χ1n) is 9.52. The predicted octanol–water partition coefficient (Wildman–Crippen LogP) is 4.99. The lowest BCUT2D eigenvalue weighted by atomic mass is 10.0. The van der Waals surface area contributed by atoms with Crippen molar-refractivity contribution in [2.45, 2.75) is 13.1 Å². The topological polar surface area (TPSA) is 46.1 Å². The molecule has 2 aromatic heterocycles. The lowest BCUT2D eigenvalue weighted by Gasteiger charge is -2.23. The maximum Gasteiger partial charge on any atom is 0.256 e. The van der Waals surface area contributed by atoms with E-state index in [0.29, 0.717) is 18.7 Å². The van der Waals surface area contributed by atoms with Crippen molar-refractivity contribution >= 4 is 5.91 Å². The van der Waals surface area contributed by atoms with E-state index in [1.165, 1.54) is 5.56 Å². The number of rotatable bonds is 6. The molecule has 4 aromatic rings. The Labute approximate surface area is 170 Å². The second-order valence-electron chi connectivity index (χ2n) is 6.83. The van der Waals surface area contributed by atoms with Crippen LogP contribution in [0.2, 0.25) is 0 Å². The summed E-state index contributed by atoms with van der Waals surface area (Å²) in [5.41, 5.74) is 4.98. The zero-order valence-corrected chi connectivity index (χ0v) is 16.0. The quantitative estimate of drug-likeness (QED) is 0.474. The Morgan fingerprint density at radius 1 is 0.655 bits per heavy atom. The number of benzene rings is 2. The fraction of sp³-hybridized carbons (Fsp3) is 0.0800. The summed E-state index contributed by atoms with van der Waals surface area (Å²) in [7, 11) is 0. The van der Waals surface area contributed by atoms with Gasteiger partial charge in [0.05, 0.1) is 5.56 Å². The third-order valence-corrected chi connectivity index (χ3v) is 4.73. The summed E-state index contributed by atoms with van der Waals surface area (Å²) >= 11 is 0. The van der Waals surface area contributed by atoms with Gasteiger partial charge in [-0.1, -0.05) is 60.7 Å². The highest BCUT2D eigenvalue weighted by Gasteiger charge is 2.17. The van der Waals surface area contributed by atoms with Gasteiger partial charge >= 0.3 is 0 Å². The number of carbonyl (C=O) groups excluding carboxylic acids is 1. The van der Waals surface area contributed by atoms with Crippen molar-refractivity contribution in [2.24, 2.45) is 0 Å². The number of aromatic nitrogens is 2. The van der Waals surface area contributed by atoms with Gasteiger partial charge in [0, 0.05) is 37.9 Å². The van der Waals surface area contributed by atoms with Crippen molar-refractivity contribution in [3.63, 3.8) is 0 Å². The van der Waals surface area contributed by atoms with E-state index in [-0.39, 0.29) is 5.91 Å². The molecule has 0 aliphatic rings. The Morgan fingerprint density at radius 3 is 1.97 bits per heavy atom. The van der Waals surface area contributed by atoms with Crippen LogP contribution in [0.25, 0.3) is 11.1 Å². The van der Waals surface area contributed by atoms with E-state index in [4.69, 9.17) is 0 Å². The van der Waals surface area contributed by atoms with Gasteiger partial charge in [-0.15, -0.1) is 0 Å². The van der Waals surface area contributed by atoms with Gasteiger partial charge < -0.3 is 4.90 Å². The summed E-state index contributed by atoms with van der Waals surface area (Å²) in [6, 6.07) is 26.1. The largest absolute Gasteiger partial charge is 0.330 e. The van der Waals surface area contributed by atoms with Gasteiger partial charge in [-0.05, 0) is 40.5 Å². The number of nitrogens with zero attached hydrogens (tertiary/aromatic N) is 3. The zero-order valence-electron chi connectivity index (χ0n) is 16.0. The second-order valence-corrected chi connectivity index (χ2v) is 6.83. The number of carbonyl (C=O) groups is 1. The van der Waals surface area contributed by atoms with Crippen molar-refractivity contribution in [3.05, 3.63) is 120 Å². The van der Waals surface area contributed by atoms with Crippen LogP contribution >= 0.6 is 0 Å². The van der Waals surface area contributed by atoms with Crippen LogP contribution in [-0.2, 0) is 13.1 Å². The van der Waals surface area contributed by atoms with Gasteiger partial charge in [0.1, 0.15) is 0 Å². The van der Waals surface area contributed by atoms with E-state index in [0.717, 1.165) is 16.7 Å². The van der Waals surface area contributed by atoms with Crippen molar-refractivity contribution in [3.8, 4) is 11.1 Å². The predicted molar refractivity (Wildman–Crippen MR) is 114 cm³/mol. The van der Waals surface area contributed by atoms with Crippen LogP contribution in [0, 0.1) is 0 Å². The van der Waals surface area contributed by atoms with E-state index in [2.05, 4.69) is 46.4 Å². The minimum atomic E-state index is -0.0471.